The number of anilines is 3. The van der Waals surface area contributed by atoms with Crippen molar-refractivity contribution in [1.82, 2.24) is 4.98 Å². The second-order valence-electron chi connectivity index (χ2n) is 5.95. The molecule has 2 N–H and O–H groups in total. The van der Waals surface area contributed by atoms with Crippen molar-refractivity contribution in [2.45, 2.75) is 6.92 Å². The van der Waals surface area contributed by atoms with Crippen LogP contribution in [0, 0.1) is 6.92 Å². The summed E-state index contributed by atoms with van der Waals surface area (Å²) in [6, 6.07) is 17.7. The molecule has 6 heteroatoms. The van der Waals surface area contributed by atoms with Gasteiger partial charge in [0.2, 0.25) is 0 Å². The zero-order valence-corrected chi connectivity index (χ0v) is 15.0. The average Bonchev–Trinajstić information content (AvgIpc) is 2.69. The molecule has 3 rings (SSSR count). The van der Waals surface area contributed by atoms with Gasteiger partial charge in [-0.05, 0) is 49.4 Å². The lowest BCUT2D eigenvalue weighted by atomic mass is 10.2. The first kappa shape index (κ1) is 18.1. The van der Waals surface area contributed by atoms with E-state index < -0.39 is 5.97 Å². The van der Waals surface area contributed by atoms with Gasteiger partial charge in [-0.15, -0.1) is 0 Å². The number of carbonyl (C=O) groups is 2. The molecule has 2 aromatic carbocycles. The first-order chi connectivity index (χ1) is 13.0. The molecule has 0 aliphatic heterocycles. The number of ether oxygens (including phenoxy) is 1. The summed E-state index contributed by atoms with van der Waals surface area (Å²) in [6.07, 6.45) is 1.57. The molecule has 6 nitrogen and oxygen atoms in total. The minimum atomic E-state index is -0.459. The molecule has 0 bridgehead atoms. The van der Waals surface area contributed by atoms with Crippen LogP contribution >= 0.6 is 0 Å². The molecule has 0 spiro atoms. The summed E-state index contributed by atoms with van der Waals surface area (Å²) >= 11 is 0. The van der Waals surface area contributed by atoms with Gasteiger partial charge in [0.05, 0.1) is 12.7 Å². The van der Waals surface area contributed by atoms with Crippen molar-refractivity contribution in [3.05, 3.63) is 83.6 Å². The van der Waals surface area contributed by atoms with Crippen molar-refractivity contribution < 1.29 is 14.3 Å². The lowest BCUT2D eigenvalue weighted by Crippen LogP contribution is -2.13. The highest BCUT2D eigenvalue weighted by Gasteiger charge is 2.10. The molecule has 0 unspecified atom stereocenters. The number of rotatable bonds is 5. The Morgan fingerprint density at radius 3 is 2.44 bits per heavy atom. The van der Waals surface area contributed by atoms with Crippen LogP contribution in [-0.2, 0) is 4.74 Å². The largest absolute Gasteiger partial charge is 0.465 e. The van der Waals surface area contributed by atoms with Crippen LogP contribution in [0.3, 0.4) is 0 Å². The molecule has 0 aliphatic rings. The minimum absolute atomic E-state index is 0.300. The Hall–Kier alpha value is -3.67. The number of pyridine rings is 1. The molecule has 27 heavy (non-hydrogen) atoms. The van der Waals surface area contributed by atoms with E-state index >= 15 is 0 Å². The van der Waals surface area contributed by atoms with Crippen LogP contribution in [0.5, 0.6) is 0 Å². The Kier molecular flexibility index (Phi) is 5.47. The number of aryl methyl sites for hydroxylation is 1. The first-order valence-electron chi connectivity index (χ1n) is 8.34. The molecule has 0 radical (unpaired) electrons. The predicted molar refractivity (Wildman–Crippen MR) is 104 cm³/mol. The van der Waals surface area contributed by atoms with Gasteiger partial charge in [-0.2, -0.15) is 0 Å². The third kappa shape index (κ3) is 4.70. The smallest absolute Gasteiger partial charge is 0.337 e. The van der Waals surface area contributed by atoms with Gasteiger partial charge in [-0.3, -0.25) is 4.79 Å². The fraction of sp³-hybridized carbons (Fsp3) is 0.0952. The van der Waals surface area contributed by atoms with Crippen molar-refractivity contribution >= 4 is 29.1 Å². The quantitative estimate of drug-likeness (QED) is 0.667. The third-order valence-corrected chi connectivity index (χ3v) is 3.89. The van der Waals surface area contributed by atoms with E-state index in [1.165, 1.54) is 7.11 Å². The monoisotopic (exact) mass is 361 g/mol. The van der Waals surface area contributed by atoms with Crippen molar-refractivity contribution in [1.29, 1.82) is 0 Å². The number of aromatic nitrogens is 1. The summed E-state index contributed by atoms with van der Waals surface area (Å²) in [5, 5.41) is 5.94. The van der Waals surface area contributed by atoms with E-state index in [1.54, 1.807) is 42.6 Å². The van der Waals surface area contributed by atoms with Crippen molar-refractivity contribution in [2.75, 3.05) is 17.7 Å². The molecule has 1 heterocycles. The number of amides is 1. The molecule has 0 saturated heterocycles. The van der Waals surface area contributed by atoms with Gasteiger partial charge in [0, 0.05) is 23.1 Å². The maximum absolute atomic E-state index is 12.5. The Labute approximate surface area is 157 Å². The molecule has 3 aromatic rings. The van der Waals surface area contributed by atoms with E-state index in [1.807, 2.05) is 31.2 Å². The Morgan fingerprint density at radius 1 is 0.926 bits per heavy atom. The lowest BCUT2D eigenvalue weighted by Gasteiger charge is -2.09. The van der Waals surface area contributed by atoms with E-state index in [9.17, 15) is 9.59 Å². The Balaban J connectivity index is 1.73. The fourth-order valence-corrected chi connectivity index (χ4v) is 2.47. The molecule has 0 aliphatic carbocycles. The Morgan fingerprint density at radius 2 is 1.70 bits per heavy atom. The Bertz CT molecular complexity index is 968. The molecule has 136 valence electrons. The van der Waals surface area contributed by atoms with Crippen LogP contribution in [0.4, 0.5) is 17.2 Å². The van der Waals surface area contributed by atoms with Gasteiger partial charge < -0.3 is 15.4 Å². The second kappa shape index (κ2) is 8.14. The second-order valence-corrected chi connectivity index (χ2v) is 5.95. The molecule has 1 amide bonds. The summed E-state index contributed by atoms with van der Waals surface area (Å²) in [5.74, 6) is -0.194. The van der Waals surface area contributed by atoms with Crippen molar-refractivity contribution in [3.63, 3.8) is 0 Å². The zero-order chi connectivity index (χ0) is 19.2. The normalized spacial score (nSPS) is 10.1. The number of hydrogen-bond donors (Lipinski definition) is 2. The van der Waals surface area contributed by atoms with Gasteiger partial charge in [0.1, 0.15) is 5.82 Å². The van der Waals surface area contributed by atoms with Crippen LogP contribution in [0.1, 0.15) is 26.3 Å². The molecule has 0 fully saturated rings. The number of esters is 1. The van der Waals surface area contributed by atoms with E-state index in [0.29, 0.717) is 22.6 Å². The molecule has 1 aromatic heterocycles. The predicted octanol–water partition coefficient (Wildman–Crippen LogP) is 4.17. The standard InChI is InChI=1S/C21H19N3O3/c1-14-6-8-17(9-7-14)23-19-13-15(10-11-22-19)20(25)24-18-5-3-4-16(12-18)21(26)27-2/h3-13H,1-2H3,(H,22,23)(H,24,25). The summed E-state index contributed by atoms with van der Waals surface area (Å²) in [4.78, 5) is 28.4. The summed E-state index contributed by atoms with van der Waals surface area (Å²) in [7, 11) is 1.31. The number of benzene rings is 2. The summed E-state index contributed by atoms with van der Waals surface area (Å²) < 4.78 is 4.69. The van der Waals surface area contributed by atoms with Crippen LogP contribution in [-0.4, -0.2) is 24.0 Å². The molecular weight excluding hydrogens is 342 g/mol. The van der Waals surface area contributed by atoms with Crippen molar-refractivity contribution in [2.24, 2.45) is 0 Å². The maximum atomic E-state index is 12.5. The van der Waals surface area contributed by atoms with Crippen LogP contribution < -0.4 is 10.6 Å². The van der Waals surface area contributed by atoms with Crippen LogP contribution in [0.25, 0.3) is 0 Å². The fourth-order valence-electron chi connectivity index (χ4n) is 2.47. The summed E-state index contributed by atoms with van der Waals surface area (Å²) in [6.45, 7) is 2.02. The number of nitrogens with zero attached hydrogens (tertiary/aromatic N) is 1. The van der Waals surface area contributed by atoms with E-state index in [0.717, 1.165) is 11.3 Å². The first-order valence-corrected chi connectivity index (χ1v) is 8.34. The average molecular weight is 361 g/mol. The molecule has 0 atom stereocenters. The van der Waals surface area contributed by atoms with E-state index in [4.69, 9.17) is 4.74 Å². The van der Waals surface area contributed by atoms with Crippen LogP contribution in [0.2, 0.25) is 0 Å². The number of methoxy groups -OCH3 is 1. The van der Waals surface area contributed by atoms with Crippen molar-refractivity contribution in [3.8, 4) is 0 Å². The van der Waals surface area contributed by atoms with Gasteiger partial charge >= 0.3 is 5.97 Å². The number of nitrogens with one attached hydrogen (secondary N) is 2. The van der Waals surface area contributed by atoms with E-state index in [2.05, 4.69) is 15.6 Å². The minimum Gasteiger partial charge on any atom is -0.465 e. The van der Waals surface area contributed by atoms with E-state index in [-0.39, 0.29) is 5.91 Å². The number of carbonyl (C=O) groups excluding carboxylic acids is 2. The SMILES string of the molecule is COC(=O)c1cccc(NC(=O)c2ccnc(Nc3ccc(C)cc3)c2)c1. The van der Waals surface area contributed by atoms with Gasteiger partial charge in [-0.25, -0.2) is 9.78 Å². The molecule has 0 saturated carbocycles. The van der Waals surface area contributed by atoms with Crippen LogP contribution in [0.15, 0.2) is 66.9 Å². The topological polar surface area (TPSA) is 80.3 Å². The van der Waals surface area contributed by atoms with Gasteiger partial charge in [0.25, 0.3) is 5.91 Å². The number of hydrogen-bond acceptors (Lipinski definition) is 5. The highest BCUT2D eigenvalue weighted by Crippen LogP contribution is 2.17. The summed E-state index contributed by atoms with van der Waals surface area (Å²) in [5.41, 5.74) is 3.37. The lowest BCUT2D eigenvalue weighted by molar-refractivity contribution is 0.0600. The third-order valence-electron chi connectivity index (χ3n) is 3.89. The maximum Gasteiger partial charge on any atom is 0.337 e. The highest BCUT2D eigenvalue weighted by molar-refractivity contribution is 6.05. The highest BCUT2D eigenvalue weighted by atomic mass is 16.5. The molecular formula is C21H19N3O3. The van der Waals surface area contributed by atoms with Gasteiger partial charge in [0.15, 0.2) is 0 Å². The zero-order valence-electron chi connectivity index (χ0n) is 15.0. The van der Waals surface area contributed by atoms with Gasteiger partial charge in [-0.1, -0.05) is 23.8 Å².